The van der Waals surface area contributed by atoms with Gasteiger partial charge in [0.15, 0.2) is 0 Å². The number of hydrogen-bond donors (Lipinski definition) is 0. The van der Waals surface area contributed by atoms with Crippen LogP contribution in [-0.2, 0) is 24.1 Å². The summed E-state index contributed by atoms with van der Waals surface area (Å²) < 4.78 is 40.0. The zero-order valence-electron chi connectivity index (χ0n) is 16.7. The van der Waals surface area contributed by atoms with E-state index in [9.17, 15) is 18.0 Å². The minimum atomic E-state index is -4.34. The number of nitrogens with zero attached hydrogens (tertiary/aromatic N) is 4. The molecule has 0 aliphatic carbocycles. The van der Waals surface area contributed by atoms with E-state index >= 15 is 0 Å². The second-order valence-electron chi connectivity index (χ2n) is 7.38. The first-order valence-electron chi connectivity index (χ1n) is 9.17. The third kappa shape index (κ3) is 6.09. The van der Waals surface area contributed by atoms with Gasteiger partial charge in [-0.3, -0.25) is 4.79 Å². The highest BCUT2D eigenvalue weighted by atomic mass is 19.4. The van der Waals surface area contributed by atoms with E-state index in [-0.39, 0.29) is 11.8 Å². The summed E-state index contributed by atoms with van der Waals surface area (Å²) in [7, 11) is 3.90. The molecule has 0 atom stereocenters. The topological polar surface area (TPSA) is 41.4 Å². The van der Waals surface area contributed by atoms with E-state index < -0.39 is 11.7 Å². The molecular formula is C20H27F3N4O. The molecule has 1 aromatic carbocycles. The fraction of sp³-hybridized carbons (Fsp3) is 0.500. The number of benzene rings is 1. The molecule has 0 spiro atoms. The summed E-state index contributed by atoms with van der Waals surface area (Å²) in [5, 5.41) is 0. The Labute approximate surface area is 163 Å². The maximum absolute atomic E-state index is 12.7. The van der Waals surface area contributed by atoms with Crippen LogP contribution >= 0.6 is 0 Å². The lowest BCUT2D eigenvalue weighted by Crippen LogP contribution is -2.39. The van der Waals surface area contributed by atoms with E-state index in [1.165, 1.54) is 12.1 Å². The lowest BCUT2D eigenvalue weighted by atomic mass is 10.1. The van der Waals surface area contributed by atoms with Crippen LogP contribution in [0.5, 0.6) is 0 Å². The van der Waals surface area contributed by atoms with Crippen LogP contribution in [0.3, 0.4) is 0 Å². The van der Waals surface area contributed by atoms with Crippen molar-refractivity contribution in [3.63, 3.8) is 0 Å². The monoisotopic (exact) mass is 396 g/mol. The molecule has 5 nitrogen and oxygen atoms in total. The predicted molar refractivity (Wildman–Crippen MR) is 102 cm³/mol. The Morgan fingerprint density at radius 3 is 2.32 bits per heavy atom. The highest BCUT2D eigenvalue weighted by Gasteiger charge is 2.30. The largest absolute Gasteiger partial charge is 0.416 e. The van der Waals surface area contributed by atoms with Crippen molar-refractivity contribution in [3.05, 3.63) is 53.6 Å². The summed E-state index contributed by atoms with van der Waals surface area (Å²) >= 11 is 0. The second kappa shape index (κ2) is 9.23. The van der Waals surface area contributed by atoms with Crippen molar-refractivity contribution >= 4 is 5.91 Å². The summed E-state index contributed by atoms with van der Waals surface area (Å²) in [5.74, 6) is 0.624. The SMILES string of the molecule is CC(C)C(=O)N(CCN(C)C)Cc1nccn1Cc1ccc(C(F)(F)F)cc1. The molecule has 0 saturated carbocycles. The van der Waals surface area contributed by atoms with Crippen molar-refractivity contribution in [2.24, 2.45) is 5.92 Å². The predicted octanol–water partition coefficient (Wildman–Crippen LogP) is 3.50. The maximum Gasteiger partial charge on any atom is 0.416 e. The van der Waals surface area contributed by atoms with Gasteiger partial charge in [0.05, 0.1) is 12.1 Å². The normalized spacial score (nSPS) is 12.0. The smallest absolute Gasteiger partial charge is 0.334 e. The number of rotatable bonds is 8. The van der Waals surface area contributed by atoms with Gasteiger partial charge in [-0.2, -0.15) is 13.2 Å². The summed E-state index contributed by atoms with van der Waals surface area (Å²) in [6.45, 7) is 5.79. The van der Waals surface area contributed by atoms with Crippen LogP contribution in [0.15, 0.2) is 36.7 Å². The molecule has 1 aromatic heterocycles. The zero-order chi connectivity index (χ0) is 20.9. The number of aromatic nitrogens is 2. The quantitative estimate of drug-likeness (QED) is 0.686. The zero-order valence-corrected chi connectivity index (χ0v) is 16.7. The first-order chi connectivity index (χ1) is 13.1. The van der Waals surface area contributed by atoms with Gasteiger partial charge >= 0.3 is 6.18 Å². The molecule has 0 saturated heterocycles. The van der Waals surface area contributed by atoms with Crippen LogP contribution in [0.2, 0.25) is 0 Å². The molecule has 0 fully saturated rings. The van der Waals surface area contributed by atoms with Crippen LogP contribution in [0, 0.1) is 5.92 Å². The second-order valence-corrected chi connectivity index (χ2v) is 7.38. The minimum absolute atomic E-state index is 0.0472. The van der Waals surface area contributed by atoms with Gasteiger partial charge in [-0.1, -0.05) is 26.0 Å². The molecule has 1 heterocycles. The van der Waals surface area contributed by atoms with Gasteiger partial charge in [-0.05, 0) is 31.8 Å². The number of carbonyl (C=O) groups excluding carboxylic acids is 1. The van der Waals surface area contributed by atoms with E-state index in [0.29, 0.717) is 25.5 Å². The fourth-order valence-corrected chi connectivity index (χ4v) is 2.76. The van der Waals surface area contributed by atoms with Gasteiger partial charge in [-0.15, -0.1) is 0 Å². The summed E-state index contributed by atoms with van der Waals surface area (Å²) in [6.07, 6.45) is -0.927. The maximum atomic E-state index is 12.7. The van der Waals surface area contributed by atoms with Crippen molar-refractivity contribution < 1.29 is 18.0 Å². The molecule has 8 heteroatoms. The summed E-state index contributed by atoms with van der Waals surface area (Å²) in [5.41, 5.74) is 0.0711. The molecule has 0 aliphatic heterocycles. The van der Waals surface area contributed by atoms with E-state index in [4.69, 9.17) is 0 Å². The molecule has 2 rings (SSSR count). The van der Waals surface area contributed by atoms with Gasteiger partial charge in [0, 0.05) is 37.9 Å². The molecule has 0 radical (unpaired) electrons. The molecular weight excluding hydrogens is 369 g/mol. The third-order valence-electron chi connectivity index (χ3n) is 4.39. The molecule has 154 valence electrons. The number of alkyl halides is 3. The Morgan fingerprint density at radius 2 is 1.79 bits per heavy atom. The Hall–Kier alpha value is -2.35. The Bertz CT molecular complexity index is 767. The highest BCUT2D eigenvalue weighted by Crippen LogP contribution is 2.29. The molecule has 0 unspecified atom stereocenters. The lowest BCUT2D eigenvalue weighted by molar-refractivity contribution is -0.137. The number of halogens is 3. The van der Waals surface area contributed by atoms with Crippen LogP contribution in [-0.4, -0.2) is 52.4 Å². The van der Waals surface area contributed by atoms with Crippen molar-refractivity contribution in [3.8, 4) is 0 Å². The molecule has 1 amide bonds. The summed E-state index contributed by atoms with van der Waals surface area (Å²) in [6, 6.07) is 5.10. The first-order valence-corrected chi connectivity index (χ1v) is 9.17. The van der Waals surface area contributed by atoms with Crippen molar-refractivity contribution in [2.45, 2.75) is 33.1 Å². The van der Waals surface area contributed by atoms with Gasteiger partial charge in [0.2, 0.25) is 5.91 Å². The highest BCUT2D eigenvalue weighted by molar-refractivity contribution is 5.78. The van der Waals surface area contributed by atoms with Crippen molar-refractivity contribution in [1.82, 2.24) is 19.4 Å². The van der Waals surface area contributed by atoms with E-state index in [1.807, 2.05) is 37.4 Å². The van der Waals surface area contributed by atoms with Gasteiger partial charge in [0.1, 0.15) is 5.82 Å². The lowest BCUT2D eigenvalue weighted by Gasteiger charge is -2.26. The number of hydrogen-bond acceptors (Lipinski definition) is 3. The Balaban J connectivity index is 2.13. The molecule has 0 N–H and O–H groups in total. The fourth-order valence-electron chi connectivity index (χ4n) is 2.76. The van der Waals surface area contributed by atoms with Crippen LogP contribution in [0.25, 0.3) is 0 Å². The van der Waals surface area contributed by atoms with Crippen LogP contribution < -0.4 is 0 Å². The minimum Gasteiger partial charge on any atom is -0.334 e. The average molecular weight is 396 g/mol. The summed E-state index contributed by atoms with van der Waals surface area (Å²) in [4.78, 5) is 20.7. The van der Waals surface area contributed by atoms with Gasteiger partial charge < -0.3 is 14.4 Å². The van der Waals surface area contributed by atoms with E-state index in [1.54, 1.807) is 17.3 Å². The first kappa shape index (κ1) is 21.9. The Morgan fingerprint density at radius 1 is 1.14 bits per heavy atom. The van der Waals surface area contributed by atoms with Crippen molar-refractivity contribution in [2.75, 3.05) is 27.2 Å². The number of imidazole rings is 1. The molecule has 0 aliphatic rings. The average Bonchev–Trinajstić information content (AvgIpc) is 3.04. The molecule has 28 heavy (non-hydrogen) atoms. The van der Waals surface area contributed by atoms with Gasteiger partial charge in [-0.25, -0.2) is 4.98 Å². The standard InChI is InChI=1S/C20H27F3N4O/c1-15(2)19(28)27(12-11-25(3)4)14-18-24-9-10-26(18)13-16-5-7-17(8-6-16)20(21,22)23/h5-10,15H,11-14H2,1-4H3. The number of likely N-dealkylation sites (N-methyl/N-ethyl adjacent to an activating group) is 1. The van der Waals surface area contributed by atoms with E-state index in [0.717, 1.165) is 24.2 Å². The van der Waals surface area contributed by atoms with Crippen LogP contribution in [0.1, 0.15) is 30.8 Å². The van der Waals surface area contributed by atoms with Crippen molar-refractivity contribution in [1.29, 1.82) is 0 Å². The Kier molecular flexibility index (Phi) is 7.23. The van der Waals surface area contributed by atoms with E-state index in [2.05, 4.69) is 4.98 Å². The number of amides is 1. The van der Waals surface area contributed by atoms with Gasteiger partial charge in [0.25, 0.3) is 0 Å². The number of carbonyl (C=O) groups is 1. The van der Waals surface area contributed by atoms with Crippen LogP contribution in [0.4, 0.5) is 13.2 Å². The molecule has 0 bridgehead atoms. The third-order valence-corrected chi connectivity index (χ3v) is 4.39. The molecule has 2 aromatic rings.